The van der Waals surface area contributed by atoms with E-state index in [1.165, 1.54) is 0 Å². The maximum absolute atomic E-state index is 11.6. The molecule has 2 aromatic heterocycles. The molecule has 0 aromatic carbocycles. The first kappa shape index (κ1) is 11.6. The number of nitrogens with zero attached hydrogens (tertiary/aromatic N) is 5. The van der Waals surface area contributed by atoms with Crippen molar-refractivity contribution in [2.45, 2.75) is 13.0 Å². The first-order valence-corrected chi connectivity index (χ1v) is 5.95. The van der Waals surface area contributed by atoms with Crippen LogP contribution in [-0.4, -0.2) is 44.1 Å². The zero-order chi connectivity index (χ0) is 13.1. The Labute approximate surface area is 108 Å². The fourth-order valence-corrected chi connectivity index (χ4v) is 1.83. The molecule has 0 aliphatic carbocycles. The smallest absolute Gasteiger partial charge is 0.317 e. The molecule has 3 rings (SSSR count). The average molecular weight is 260 g/mol. The molecule has 1 aliphatic rings. The normalized spacial score (nSPS) is 15.4. The van der Waals surface area contributed by atoms with E-state index in [9.17, 15) is 4.79 Å². The predicted molar refractivity (Wildman–Crippen MR) is 63.7 cm³/mol. The third-order valence-corrected chi connectivity index (χ3v) is 2.75. The topological polar surface area (TPSA) is 97.0 Å². The Balaban J connectivity index is 1.73. The SMILES string of the molecule is O=C1NCCCN1Cc1nc(-c2cnccn2)no1. The predicted octanol–water partition coefficient (Wildman–Crippen LogP) is 0.442. The van der Waals surface area contributed by atoms with E-state index in [1.54, 1.807) is 23.5 Å². The van der Waals surface area contributed by atoms with E-state index >= 15 is 0 Å². The van der Waals surface area contributed by atoms with Crippen molar-refractivity contribution in [3.8, 4) is 11.5 Å². The van der Waals surface area contributed by atoms with Gasteiger partial charge in [-0.05, 0) is 6.42 Å². The van der Waals surface area contributed by atoms with Gasteiger partial charge in [0, 0.05) is 25.5 Å². The first-order chi connectivity index (χ1) is 9.33. The minimum Gasteiger partial charge on any atom is -0.338 e. The van der Waals surface area contributed by atoms with Crippen molar-refractivity contribution < 1.29 is 9.32 Å². The molecule has 0 bridgehead atoms. The zero-order valence-corrected chi connectivity index (χ0v) is 10.1. The van der Waals surface area contributed by atoms with E-state index < -0.39 is 0 Å². The highest BCUT2D eigenvalue weighted by atomic mass is 16.5. The largest absolute Gasteiger partial charge is 0.338 e. The Hall–Kier alpha value is -2.51. The van der Waals surface area contributed by atoms with Gasteiger partial charge in [-0.2, -0.15) is 4.98 Å². The molecule has 2 amide bonds. The number of carbonyl (C=O) groups is 1. The fraction of sp³-hybridized carbons (Fsp3) is 0.364. The van der Waals surface area contributed by atoms with Gasteiger partial charge in [0.1, 0.15) is 12.2 Å². The van der Waals surface area contributed by atoms with E-state index in [2.05, 4.69) is 25.4 Å². The van der Waals surface area contributed by atoms with Crippen molar-refractivity contribution in [2.75, 3.05) is 13.1 Å². The highest BCUT2D eigenvalue weighted by Crippen LogP contribution is 2.13. The van der Waals surface area contributed by atoms with Gasteiger partial charge >= 0.3 is 6.03 Å². The van der Waals surface area contributed by atoms with E-state index in [0.717, 1.165) is 6.42 Å². The van der Waals surface area contributed by atoms with Crippen LogP contribution in [0.3, 0.4) is 0 Å². The van der Waals surface area contributed by atoms with Crippen molar-refractivity contribution in [1.82, 2.24) is 30.3 Å². The van der Waals surface area contributed by atoms with Crippen molar-refractivity contribution >= 4 is 6.03 Å². The number of carbonyl (C=O) groups excluding carboxylic acids is 1. The summed E-state index contributed by atoms with van der Waals surface area (Å²) in [6.45, 7) is 1.71. The lowest BCUT2D eigenvalue weighted by atomic mass is 10.3. The van der Waals surface area contributed by atoms with Gasteiger partial charge in [-0.25, -0.2) is 9.78 Å². The van der Waals surface area contributed by atoms with Crippen LogP contribution in [0, 0.1) is 0 Å². The molecule has 8 nitrogen and oxygen atoms in total. The van der Waals surface area contributed by atoms with Crippen LogP contribution in [0.4, 0.5) is 4.79 Å². The summed E-state index contributed by atoms with van der Waals surface area (Å²) >= 11 is 0. The standard InChI is InChI=1S/C11H12N6O2/c18-11-14-2-1-5-17(11)7-9-15-10(16-19-9)8-6-12-3-4-13-8/h3-4,6H,1-2,5,7H2,(H,14,18). The summed E-state index contributed by atoms with van der Waals surface area (Å²) in [7, 11) is 0. The summed E-state index contributed by atoms with van der Waals surface area (Å²) in [5, 5.41) is 6.60. The number of amides is 2. The molecule has 1 saturated heterocycles. The Morgan fingerprint density at radius 1 is 1.42 bits per heavy atom. The number of nitrogens with one attached hydrogen (secondary N) is 1. The molecule has 0 saturated carbocycles. The molecule has 0 unspecified atom stereocenters. The number of aromatic nitrogens is 4. The Morgan fingerprint density at radius 3 is 3.16 bits per heavy atom. The molecule has 0 spiro atoms. The molecule has 2 aromatic rings. The van der Waals surface area contributed by atoms with Gasteiger partial charge in [0.05, 0.1) is 6.20 Å². The number of hydrogen-bond acceptors (Lipinski definition) is 6. The second-order valence-electron chi connectivity index (χ2n) is 4.11. The summed E-state index contributed by atoms with van der Waals surface area (Å²) in [6.07, 6.45) is 5.60. The lowest BCUT2D eigenvalue weighted by Crippen LogP contribution is -2.45. The van der Waals surface area contributed by atoms with Gasteiger partial charge < -0.3 is 14.7 Å². The molecule has 0 radical (unpaired) electrons. The van der Waals surface area contributed by atoms with Crippen LogP contribution in [0.25, 0.3) is 11.5 Å². The summed E-state index contributed by atoms with van der Waals surface area (Å²) in [5.74, 6) is 0.762. The Kier molecular flexibility index (Phi) is 3.05. The molecule has 19 heavy (non-hydrogen) atoms. The summed E-state index contributed by atoms with van der Waals surface area (Å²) in [4.78, 5) is 25.4. The minimum atomic E-state index is -0.106. The molecule has 1 fully saturated rings. The second-order valence-corrected chi connectivity index (χ2v) is 4.11. The lowest BCUT2D eigenvalue weighted by molar-refractivity contribution is 0.174. The van der Waals surface area contributed by atoms with Gasteiger partial charge in [0.15, 0.2) is 0 Å². The fourth-order valence-electron chi connectivity index (χ4n) is 1.83. The van der Waals surface area contributed by atoms with Crippen LogP contribution < -0.4 is 5.32 Å². The van der Waals surface area contributed by atoms with Gasteiger partial charge in [0.2, 0.25) is 11.7 Å². The van der Waals surface area contributed by atoms with Crippen LogP contribution >= 0.6 is 0 Å². The third kappa shape index (κ3) is 2.51. The summed E-state index contributed by atoms with van der Waals surface area (Å²) < 4.78 is 5.12. The lowest BCUT2D eigenvalue weighted by Gasteiger charge is -2.25. The summed E-state index contributed by atoms with van der Waals surface area (Å²) in [5.41, 5.74) is 0.542. The van der Waals surface area contributed by atoms with E-state index in [-0.39, 0.29) is 6.03 Å². The maximum Gasteiger partial charge on any atom is 0.317 e. The number of urea groups is 1. The van der Waals surface area contributed by atoms with Gasteiger partial charge in [-0.1, -0.05) is 5.16 Å². The Bertz CT molecular complexity index is 570. The maximum atomic E-state index is 11.6. The average Bonchev–Trinajstić information content (AvgIpc) is 2.91. The second kappa shape index (κ2) is 5.01. The van der Waals surface area contributed by atoms with Crippen molar-refractivity contribution in [1.29, 1.82) is 0 Å². The third-order valence-electron chi connectivity index (χ3n) is 2.75. The van der Waals surface area contributed by atoms with Crippen molar-refractivity contribution in [2.24, 2.45) is 0 Å². The van der Waals surface area contributed by atoms with Gasteiger partial charge in [0.25, 0.3) is 0 Å². The highest BCUT2D eigenvalue weighted by Gasteiger charge is 2.20. The zero-order valence-electron chi connectivity index (χ0n) is 10.1. The van der Waals surface area contributed by atoms with E-state index in [1.807, 2.05) is 0 Å². The van der Waals surface area contributed by atoms with Crippen molar-refractivity contribution in [3.05, 3.63) is 24.5 Å². The van der Waals surface area contributed by atoms with Crippen molar-refractivity contribution in [3.63, 3.8) is 0 Å². The van der Waals surface area contributed by atoms with E-state index in [0.29, 0.717) is 37.0 Å². The van der Waals surface area contributed by atoms with Gasteiger partial charge in [-0.3, -0.25) is 4.98 Å². The highest BCUT2D eigenvalue weighted by molar-refractivity contribution is 5.74. The van der Waals surface area contributed by atoms with Crippen LogP contribution in [0.5, 0.6) is 0 Å². The molecule has 1 N–H and O–H groups in total. The minimum absolute atomic E-state index is 0.106. The van der Waals surface area contributed by atoms with Crippen LogP contribution in [-0.2, 0) is 6.54 Å². The first-order valence-electron chi connectivity index (χ1n) is 5.95. The molecule has 3 heterocycles. The number of hydrogen-bond donors (Lipinski definition) is 1. The quantitative estimate of drug-likeness (QED) is 0.860. The van der Waals surface area contributed by atoms with Crippen LogP contribution in [0.2, 0.25) is 0 Å². The summed E-state index contributed by atoms with van der Waals surface area (Å²) in [6, 6.07) is -0.106. The molecule has 1 aliphatic heterocycles. The van der Waals surface area contributed by atoms with Gasteiger partial charge in [-0.15, -0.1) is 0 Å². The molecule has 98 valence electrons. The molecule has 8 heteroatoms. The molecule has 0 atom stereocenters. The molecular formula is C11H12N6O2. The number of rotatable bonds is 3. The van der Waals surface area contributed by atoms with Crippen LogP contribution in [0.1, 0.15) is 12.3 Å². The molecular weight excluding hydrogens is 248 g/mol. The van der Waals surface area contributed by atoms with E-state index in [4.69, 9.17) is 4.52 Å². The monoisotopic (exact) mass is 260 g/mol. The Morgan fingerprint density at radius 2 is 2.37 bits per heavy atom. The van der Waals surface area contributed by atoms with Crippen LogP contribution in [0.15, 0.2) is 23.1 Å².